The van der Waals surface area contributed by atoms with Crippen LogP contribution in [0.25, 0.3) is 0 Å². The number of rotatable bonds is 6. The summed E-state index contributed by atoms with van der Waals surface area (Å²) in [5.41, 5.74) is 3.71. The molecule has 1 aliphatic rings. The zero-order valence-electron chi connectivity index (χ0n) is 17.9. The Morgan fingerprint density at radius 3 is 2.47 bits per heavy atom. The van der Waals surface area contributed by atoms with Gasteiger partial charge in [-0.1, -0.05) is 72.4 Å². The number of aryl methyl sites for hydroxylation is 1. The number of nitrogens with zero attached hydrogens (tertiary/aromatic N) is 2. The first-order chi connectivity index (χ1) is 15.6. The largest absolute Gasteiger partial charge is 0.325 e. The van der Waals surface area contributed by atoms with E-state index in [4.69, 9.17) is 4.99 Å². The summed E-state index contributed by atoms with van der Waals surface area (Å²) in [4.78, 5) is 32.5. The molecule has 0 aliphatic carbocycles. The van der Waals surface area contributed by atoms with Crippen molar-refractivity contribution in [1.82, 2.24) is 4.90 Å². The molecule has 1 aliphatic heterocycles. The lowest BCUT2D eigenvalue weighted by Crippen LogP contribution is -2.46. The minimum atomic E-state index is -0.529. The van der Waals surface area contributed by atoms with E-state index >= 15 is 0 Å². The molecule has 0 aromatic heterocycles. The Labute approximate surface area is 192 Å². The number of thioether (sulfide) groups is 1. The van der Waals surface area contributed by atoms with Crippen molar-refractivity contribution in [2.75, 3.05) is 11.9 Å². The van der Waals surface area contributed by atoms with Gasteiger partial charge in [-0.25, -0.2) is 4.99 Å². The van der Waals surface area contributed by atoms with E-state index in [1.54, 1.807) is 4.90 Å². The zero-order valence-corrected chi connectivity index (χ0v) is 18.7. The van der Waals surface area contributed by atoms with Crippen LogP contribution in [0, 0.1) is 6.92 Å². The van der Waals surface area contributed by atoms with Gasteiger partial charge in [0.2, 0.25) is 11.8 Å². The molecule has 0 radical (unpaired) electrons. The molecule has 0 saturated carbocycles. The second-order valence-corrected chi connectivity index (χ2v) is 8.85. The molecular formula is C26H25N3O2S. The highest BCUT2D eigenvalue weighted by molar-refractivity contribution is 8.15. The molecule has 1 fully saturated rings. The fourth-order valence-corrected chi connectivity index (χ4v) is 4.63. The molecule has 1 saturated heterocycles. The van der Waals surface area contributed by atoms with Crippen molar-refractivity contribution in [3.8, 4) is 0 Å². The van der Waals surface area contributed by atoms with Crippen molar-refractivity contribution in [2.24, 2.45) is 4.99 Å². The maximum Gasteiger partial charge on any atom is 0.238 e. The van der Waals surface area contributed by atoms with Crippen LogP contribution in [0.4, 0.5) is 11.4 Å². The number of hydrogen-bond acceptors (Lipinski definition) is 4. The van der Waals surface area contributed by atoms with E-state index in [1.807, 2.05) is 91.9 Å². The van der Waals surface area contributed by atoms with E-state index in [1.165, 1.54) is 11.8 Å². The molecule has 5 nitrogen and oxygen atoms in total. The predicted octanol–water partition coefficient (Wildman–Crippen LogP) is 5.20. The van der Waals surface area contributed by atoms with Crippen molar-refractivity contribution < 1.29 is 9.59 Å². The molecular weight excluding hydrogens is 418 g/mol. The molecule has 4 rings (SSSR count). The number of aliphatic imine (C=N–C) groups is 1. The lowest BCUT2D eigenvalue weighted by Gasteiger charge is -2.32. The summed E-state index contributed by atoms with van der Waals surface area (Å²) in [6, 6.07) is 27.2. The molecule has 0 bridgehead atoms. The number of carbonyl (C=O) groups is 2. The van der Waals surface area contributed by atoms with Crippen LogP contribution in [0.3, 0.4) is 0 Å². The minimum absolute atomic E-state index is 0.0845. The van der Waals surface area contributed by atoms with Crippen LogP contribution in [0.15, 0.2) is 89.9 Å². The SMILES string of the molecule is Cc1cccc(NC(=O)C2CC(=O)N(CCc3ccccc3)C(=Nc3ccccc3)S2)c1. The van der Waals surface area contributed by atoms with Crippen molar-refractivity contribution in [3.63, 3.8) is 0 Å². The van der Waals surface area contributed by atoms with E-state index in [0.717, 1.165) is 28.9 Å². The molecule has 1 heterocycles. The Hall–Kier alpha value is -3.38. The molecule has 1 atom stereocenters. The van der Waals surface area contributed by atoms with Gasteiger partial charge in [0.05, 0.1) is 5.69 Å². The van der Waals surface area contributed by atoms with E-state index in [2.05, 4.69) is 5.32 Å². The Morgan fingerprint density at radius 2 is 1.75 bits per heavy atom. The van der Waals surface area contributed by atoms with Gasteiger partial charge >= 0.3 is 0 Å². The average Bonchev–Trinajstić information content (AvgIpc) is 2.80. The van der Waals surface area contributed by atoms with Gasteiger partial charge in [-0.2, -0.15) is 0 Å². The summed E-state index contributed by atoms with van der Waals surface area (Å²) in [5.74, 6) is -0.267. The summed E-state index contributed by atoms with van der Waals surface area (Å²) < 4.78 is 0. The van der Waals surface area contributed by atoms with E-state index in [9.17, 15) is 9.59 Å². The van der Waals surface area contributed by atoms with Gasteiger partial charge < -0.3 is 5.32 Å². The molecule has 162 valence electrons. The zero-order chi connectivity index (χ0) is 22.3. The van der Waals surface area contributed by atoms with E-state index in [-0.39, 0.29) is 18.2 Å². The third-order valence-electron chi connectivity index (χ3n) is 5.17. The third-order valence-corrected chi connectivity index (χ3v) is 6.35. The molecule has 0 spiro atoms. The highest BCUT2D eigenvalue weighted by Gasteiger charge is 2.35. The maximum atomic E-state index is 13.1. The van der Waals surface area contributed by atoms with Crippen LogP contribution >= 0.6 is 11.8 Å². The Kier molecular flexibility index (Phi) is 7.02. The summed E-state index contributed by atoms with van der Waals surface area (Å²) in [6.45, 7) is 2.50. The highest BCUT2D eigenvalue weighted by Crippen LogP contribution is 2.30. The van der Waals surface area contributed by atoms with Crippen LogP contribution in [0.5, 0.6) is 0 Å². The van der Waals surface area contributed by atoms with E-state index < -0.39 is 5.25 Å². The van der Waals surface area contributed by atoms with Gasteiger partial charge in [0.15, 0.2) is 5.17 Å². The minimum Gasteiger partial charge on any atom is -0.325 e. The van der Waals surface area contributed by atoms with Crippen LogP contribution in [-0.2, 0) is 16.0 Å². The number of hydrogen-bond donors (Lipinski definition) is 1. The van der Waals surface area contributed by atoms with Crippen LogP contribution < -0.4 is 5.32 Å². The Balaban J connectivity index is 1.54. The van der Waals surface area contributed by atoms with Crippen LogP contribution in [0.1, 0.15) is 17.5 Å². The summed E-state index contributed by atoms with van der Waals surface area (Å²) in [7, 11) is 0. The Morgan fingerprint density at radius 1 is 1.03 bits per heavy atom. The number of amidine groups is 1. The number of para-hydroxylation sites is 1. The van der Waals surface area contributed by atoms with Crippen molar-refractivity contribution in [2.45, 2.75) is 25.0 Å². The molecule has 3 aromatic rings. The summed E-state index contributed by atoms with van der Waals surface area (Å²) in [6.07, 6.45) is 0.867. The van der Waals surface area contributed by atoms with Gasteiger partial charge in [0.25, 0.3) is 0 Å². The molecule has 32 heavy (non-hydrogen) atoms. The molecule has 3 aromatic carbocycles. The molecule has 2 amide bonds. The highest BCUT2D eigenvalue weighted by atomic mass is 32.2. The predicted molar refractivity (Wildman–Crippen MR) is 131 cm³/mol. The molecule has 1 unspecified atom stereocenters. The Bertz CT molecular complexity index is 1120. The van der Waals surface area contributed by atoms with Crippen LogP contribution in [0.2, 0.25) is 0 Å². The van der Waals surface area contributed by atoms with Gasteiger partial charge in [0, 0.05) is 18.7 Å². The monoisotopic (exact) mass is 443 g/mol. The fourth-order valence-electron chi connectivity index (χ4n) is 3.51. The smallest absolute Gasteiger partial charge is 0.238 e. The average molecular weight is 444 g/mol. The number of benzene rings is 3. The standard InChI is InChI=1S/C26H25N3O2S/c1-19-9-8-14-22(17-19)27-25(31)23-18-24(30)29(16-15-20-10-4-2-5-11-20)26(32-23)28-21-12-6-3-7-13-21/h2-14,17,23H,15-16,18H2,1H3,(H,27,31). The summed E-state index contributed by atoms with van der Waals surface area (Å²) >= 11 is 1.35. The van der Waals surface area contributed by atoms with Crippen LogP contribution in [-0.4, -0.2) is 33.7 Å². The normalized spacial score (nSPS) is 17.4. The van der Waals surface area contributed by atoms with E-state index in [0.29, 0.717) is 11.7 Å². The lowest BCUT2D eigenvalue weighted by atomic mass is 10.1. The first kappa shape index (κ1) is 21.8. The van der Waals surface area contributed by atoms with Crippen molar-refractivity contribution in [3.05, 3.63) is 96.1 Å². The second-order valence-electron chi connectivity index (χ2n) is 7.68. The quantitative estimate of drug-likeness (QED) is 0.570. The topological polar surface area (TPSA) is 61.8 Å². The number of carbonyl (C=O) groups excluding carboxylic acids is 2. The first-order valence-corrected chi connectivity index (χ1v) is 11.5. The van der Waals surface area contributed by atoms with Crippen molar-refractivity contribution in [1.29, 1.82) is 0 Å². The van der Waals surface area contributed by atoms with Gasteiger partial charge in [0.1, 0.15) is 5.25 Å². The van der Waals surface area contributed by atoms with Gasteiger partial charge in [-0.15, -0.1) is 0 Å². The maximum absolute atomic E-state index is 13.1. The summed E-state index contributed by atoms with van der Waals surface area (Å²) in [5, 5.41) is 2.98. The third kappa shape index (κ3) is 5.65. The lowest BCUT2D eigenvalue weighted by molar-refractivity contribution is -0.129. The molecule has 6 heteroatoms. The van der Waals surface area contributed by atoms with Crippen molar-refractivity contribution >= 4 is 40.1 Å². The fraction of sp³-hybridized carbons (Fsp3) is 0.192. The number of nitrogens with one attached hydrogen (secondary N) is 1. The van der Waals surface area contributed by atoms with Gasteiger partial charge in [-0.3, -0.25) is 14.5 Å². The number of anilines is 1. The first-order valence-electron chi connectivity index (χ1n) is 10.6. The number of amides is 2. The second kappa shape index (κ2) is 10.3. The van der Waals surface area contributed by atoms with Gasteiger partial charge in [-0.05, 0) is 48.7 Å². The molecule has 1 N–H and O–H groups in total.